The van der Waals surface area contributed by atoms with E-state index in [1.807, 2.05) is 12.1 Å². The van der Waals surface area contributed by atoms with Crippen molar-refractivity contribution < 1.29 is 0 Å². The lowest BCUT2D eigenvalue weighted by Crippen LogP contribution is -2.43. The summed E-state index contributed by atoms with van der Waals surface area (Å²) in [5.74, 6) is 0.629. The van der Waals surface area contributed by atoms with Gasteiger partial charge in [0.05, 0.1) is 0 Å². The number of pyridine rings is 1. The maximum absolute atomic E-state index is 12.7. The lowest BCUT2D eigenvalue weighted by atomic mass is 9.99. The van der Waals surface area contributed by atoms with Crippen LogP contribution >= 0.6 is 0 Å². The van der Waals surface area contributed by atoms with Crippen LogP contribution in [-0.2, 0) is 6.54 Å². The van der Waals surface area contributed by atoms with E-state index in [4.69, 9.17) is 0 Å². The van der Waals surface area contributed by atoms with Crippen molar-refractivity contribution in [1.82, 2.24) is 14.8 Å². The summed E-state index contributed by atoms with van der Waals surface area (Å²) in [5, 5.41) is 1.92. The third-order valence-corrected chi connectivity index (χ3v) is 6.21. The molecule has 1 aromatic heterocycles. The van der Waals surface area contributed by atoms with Gasteiger partial charge >= 0.3 is 0 Å². The number of fused-ring (bicyclic) bond motifs is 1. The summed E-state index contributed by atoms with van der Waals surface area (Å²) in [4.78, 5) is 20.6. The van der Waals surface area contributed by atoms with Crippen LogP contribution in [0, 0.1) is 0 Å². The standard InChI is InChI=1S/C24H27N3O/c1-26-11-13-27(14-12-26)16-17-5-7-19(8-6-17)23-15-22-20(18-9-10-18)3-2-4-21(22)24(28)25-23/h2-8,15,18H,9-14,16H2,1H3,(H,25,28). The summed E-state index contributed by atoms with van der Waals surface area (Å²) in [5.41, 5.74) is 4.66. The second kappa shape index (κ2) is 7.19. The summed E-state index contributed by atoms with van der Waals surface area (Å²) >= 11 is 0. The van der Waals surface area contributed by atoms with Crippen LogP contribution in [0.3, 0.4) is 0 Å². The average Bonchev–Trinajstić information content (AvgIpc) is 3.55. The van der Waals surface area contributed by atoms with Crippen LogP contribution in [0.5, 0.6) is 0 Å². The molecule has 0 bridgehead atoms. The Morgan fingerprint density at radius 2 is 1.71 bits per heavy atom. The third kappa shape index (κ3) is 3.50. The number of hydrogen-bond donors (Lipinski definition) is 1. The summed E-state index contributed by atoms with van der Waals surface area (Å²) in [6.45, 7) is 5.52. The van der Waals surface area contributed by atoms with Crippen molar-refractivity contribution in [3.8, 4) is 11.3 Å². The molecule has 28 heavy (non-hydrogen) atoms. The molecule has 1 aliphatic heterocycles. The van der Waals surface area contributed by atoms with Gasteiger partial charge in [0.15, 0.2) is 0 Å². The molecule has 2 aliphatic rings. The van der Waals surface area contributed by atoms with Gasteiger partial charge in [0.2, 0.25) is 0 Å². The van der Waals surface area contributed by atoms with E-state index >= 15 is 0 Å². The lowest BCUT2D eigenvalue weighted by molar-refractivity contribution is 0.148. The molecule has 1 saturated heterocycles. The Bertz CT molecular complexity index is 1040. The molecule has 1 aliphatic carbocycles. The zero-order valence-corrected chi connectivity index (χ0v) is 16.4. The summed E-state index contributed by atoms with van der Waals surface area (Å²) in [7, 11) is 2.19. The topological polar surface area (TPSA) is 39.3 Å². The maximum Gasteiger partial charge on any atom is 0.256 e. The van der Waals surface area contributed by atoms with Crippen molar-refractivity contribution in [3.63, 3.8) is 0 Å². The summed E-state index contributed by atoms with van der Waals surface area (Å²) in [6.07, 6.45) is 2.48. The fourth-order valence-electron chi connectivity index (χ4n) is 4.27. The first kappa shape index (κ1) is 17.7. The molecule has 0 unspecified atom stereocenters. The largest absolute Gasteiger partial charge is 0.321 e. The number of benzene rings is 2. The van der Waals surface area contributed by atoms with Crippen LogP contribution in [-0.4, -0.2) is 48.0 Å². The molecule has 5 rings (SSSR count). The van der Waals surface area contributed by atoms with Gasteiger partial charge in [-0.1, -0.05) is 36.4 Å². The number of aromatic amines is 1. The molecule has 4 nitrogen and oxygen atoms in total. The van der Waals surface area contributed by atoms with E-state index in [0.29, 0.717) is 5.92 Å². The molecule has 2 aromatic carbocycles. The van der Waals surface area contributed by atoms with Gasteiger partial charge < -0.3 is 9.88 Å². The van der Waals surface area contributed by atoms with E-state index < -0.39 is 0 Å². The highest BCUT2D eigenvalue weighted by Crippen LogP contribution is 2.43. The molecule has 2 heterocycles. The minimum absolute atomic E-state index is 0.0107. The van der Waals surface area contributed by atoms with Crippen molar-refractivity contribution in [2.24, 2.45) is 0 Å². The van der Waals surface area contributed by atoms with Gasteiger partial charge in [-0.25, -0.2) is 0 Å². The van der Waals surface area contributed by atoms with Crippen LogP contribution in [0.1, 0.15) is 29.9 Å². The first-order chi connectivity index (χ1) is 13.7. The van der Waals surface area contributed by atoms with Gasteiger partial charge in [-0.05, 0) is 60.0 Å². The van der Waals surface area contributed by atoms with Crippen molar-refractivity contribution in [2.45, 2.75) is 25.3 Å². The van der Waals surface area contributed by atoms with Gasteiger partial charge in [-0.3, -0.25) is 9.69 Å². The molecule has 144 valence electrons. The monoisotopic (exact) mass is 373 g/mol. The Morgan fingerprint density at radius 1 is 0.964 bits per heavy atom. The van der Waals surface area contributed by atoms with E-state index in [0.717, 1.165) is 54.8 Å². The lowest BCUT2D eigenvalue weighted by Gasteiger charge is -2.32. The van der Waals surface area contributed by atoms with Crippen molar-refractivity contribution in [3.05, 3.63) is 70.0 Å². The Balaban J connectivity index is 1.42. The van der Waals surface area contributed by atoms with E-state index in [2.05, 4.69) is 58.2 Å². The van der Waals surface area contributed by atoms with E-state index in [-0.39, 0.29) is 5.56 Å². The Morgan fingerprint density at radius 3 is 2.43 bits per heavy atom. The minimum Gasteiger partial charge on any atom is -0.321 e. The van der Waals surface area contributed by atoms with E-state index in [1.54, 1.807) is 0 Å². The van der Waals surface area contributed by atoms with Crippen LogP contribution < -0.4 is 5.56 Å². The molecule has 0 amide bonds. The fraction of sp³-hybridized carbons (Fsp3) is 0.375. The van der Waals surface area contributed by atoms with Crippen molar-refractivity contribution in [2.75, 3.05) is 33.2 Å². The average molecular weight is 374 g/mol. The highest BCUT2D eigenvalue weighted by atomic mass is 16.1. The first-order valence-electron chi connectivity index (χ1n) is 10.3. The van der Waals surface area contributed by atoms with Crippen LogP contribution in [0.2, 0.25) is 0 Å². The number of hydrogen-bond acceptors (Lipinski definition) is 3. The minimum atomic E-state index is 0.0107. The SMILES string of the molecule is CN1CCN(Cc2ccc(-c3cc4c(C5CC5)cccc4c(=O)[nH]3)cc2)CC1. The number of nitrogens with one attached hydrogen (secondary N) is 1. The van der Waals surface area contributed by atoms with Crippen LogP contribution in [0.15, 0.2) is 53.3 Å². The van der Waals surface area contributed by atoms with Crippen molar-refractivity contribution in [1.29, 1.82) is 0 Å². The number of likely N-dealkylation sites (N-methyl/N-ethyl adjacent to an activating group) is 1. The molecular weight excluding hydrogens is 346 g/mol. The molecule has 1 saturated carbocycles. The van der Waals surface area contributed by atoms with Crippen molar-refractivity contribution >= 4 is 10.8 Å². The zero-order chi connectivity index (χ0) is 19.1. The number of nitrogens with zero attached hydrogens (tertiary/aromatic N) is 2. The van der Waals surface area contributed by atoms with Gasteiger partial charge in [-0.15, -0.1) is 0 Å². The van der Waals surface area contributed by atoms with E-state index in [1.165, 1.54) is 24.0 Å². The molecule has 2 fully saturated rings. The molecule has 1 N–H and O–H groups in total. The van der Waals surface area contributed by atoms with Gasteiger partial charge in [-0.2, -0.15) is 0 Å². The second-order valence-electron chi connectivity index (χ2n) is 8.37. The van der Waals surface area contributed by atoms with Crippen LogP contribution in [0.4, 0.5) is 0 Å². The molecule has 3 aromatic rings. The molecule has 0 atom stereocenters. The normalized spacial score (nSPS) is 18.6. The Hall–Kier alpha value is -2.43. The molecule has 4 heteroatoms. The Kier molecular flexibility index (Phi) is 4.53. The van der Waals surface area contributed by atoms with Gasteiger partial charge in [0.1, 0.15) is 0 Å². The number of H-pyrrole nitrogens is 1. The van der Waals surface area contributed by atoms with E-state index in [9.17, 15) is 4.79 Å². The zero-order valence-electron chi connectivity index (χ0n) is 16.4. The smallest absolute Gasteiger partial charge is 0.256 e. The molecule has 0 spiro atoms. The number of piperazine rings is 1. The highest BCUT2D eigenvalue weighted by Gasteiger charge is 2.25. The number of aromatic nitrogens is 1. The second-order valence-corrected chi connectivity index (χ2v) is 8.37. The third-order valence-electron chi connectivity index (χ3n) is 6.21. The molecular formula is C24H27N3O. The maximum atomic E-state index is 12.7. The van der Waals surface area contributed by atoms with Gasteiger partial charge in [0.25, 0.3) is 5.56 Å². The predicted molar refractivity (Wildman–Crippen MR) is 115 cm³/mol. The quantitative estimate of drug-likeness (QED) is 0.756. The summed E-state index contributed by atoms with van der Waals surface area (Å²) < 4.78 is 0. The summed E-state index contributed by atoms with van der Waals surface area (Å²) in [6, 6.07) is 17.0. The van der Waals surface area contributed by atoms with Crippen LogP contribution in [0.25, 0.3) is 22.0 Å². The molecule has 0 radical (unpaired) electrons. The fourth-order valence-corrected chi connectivity index (χ4v) is 4.27. The van der Waals surface area contributed by atoms with Gasteiger partial charge in [0, 0.05) is 43.8 Å². The number of rotatable bonds is 4. The first-order valence-corrected chi connectivity index (χ1v) is 10.3. The predicted octanol–water partition coefficient (Wildman–Crippen LogP) is 3.82. The Labute approximate surface area is 165 Å². The highest BCUT2D eigenvalue weighted by molar-refractivity contribution is 5.88.